The van der Waals surface area contributed by atoms with Gasteiger partial charge in [0.15, 0.2) is 5.69 Å². The van der Waals surface area contributed by atoms with Gasteiger partial charge in [-0.1, -0.05) is 28.1 Å². The zero-order valence-electron chi connectivity index (χ0n) is 11.7. The number of hydrogen-bond acceptors (Lipinski definition) is 2. The molecule has 23 heavy (non-hydrogen) atoms. The third-order valence-corrected chi connectivity index (χ3v) is 4.60. The molecule has 3 rings (SSSR count). The van der Waals surface area contributed by atoms with Crippen molar-refractivity contribution >= 4 is 21.9 Å². The molecule has 1 aromatic heterocycles. The quantitative estimate of drug-likeness (QED) is 0.813. The molecule has 4 nitrogen and oxygen atoms in total. The van der Waals surface area contributed by atoms with E-state index in [1.165, 1.54) is 0 Å². The summed E-state index contributed by atoms with van der Waals surface area (Å²) in [7, 11) is 0. The molecule has 1 aliphatic carbocycles. The first-order valence-electron chi connectivity index (χ1n) is 6.90. The van der Waals surface area contributed by atoms with Crippen LogP contribution in [-0.4, -0.2) is 21.3 Å². The van der Waals surface area contributed by atoms with E-state index in [0.29, 0.717) is 0 Å². The SMILES string of the molecule is O=C(O)C1CC(c2cccc(Br)c2)Cc2c(C(F)(F)F)n[nH]c21. The predicted molar refractivity (Wildman–Crippen MR) is 79.2 cm³/mol. The maximum Gasteiger partial charge on any atom is 0.435 e. The number of aromatic nitrogens is 2. The number of nitrogens with zero attached hydrogens (tertiary/aromatic N) is 1. The van der Waals surface area contributed by atoms with Crippen molar-refractivity contribution < 1.29 is 23.1 Å². The lowest BCUT2D eigenvalue weighted by molar-refractivity contribution is -0.142. The molecule has 2 unspecified atom stereocenters. The number of benzene rings is 1. The second-order valence-corrected chi connectivity index (χ2v) is 6.46. The molecular formula is C15H12BrF3N2O2. The minimum Gasteiger partial charge on any atom is -0.481 e. The van der Waals surface area contributed by atoms with E-state index in [2.05, 4.69) is 26.1 Å². The van der Waals surface area contributed by atoms with Gasteiger partial charge in [0.1, 0.15) is 0 Å². The first-order chi connectivity index (χ1) is 10.8. The second-order valence-electron chi connectivity index (χ2n) is 5.54. The minimum absolute atomic E-state index is 0.0406. The summed E-state index contributed by atoms with van der Waals surface area (Å²) in [5.41, 5.74) is -0.179. The van der Waals surface area contributed by atoms with Gasteiger partial charge in [-0.3, -0.25) is 9.89 Å². The molecule has 0 amide bonds. The van der Waals surface area contributed by atoms with E-state index in [4.69, 9.17) is 0 Å². The van der Waals surface area contributed by atoms with Crippen LogP contribution in [0.5, 0.6) is 0 Å². The number of carboxylic acids is 1. The molecule has 1 aromatic carbocycles. The van der Waals surface area contributed by atoms with Crippen LogP contribution in [0.3, 0.4) is 0 Å². The Balaban J connectivity index is 2.06. The average molecular weight is 389 g/mol. The number of rotatable bonds is 2. The largest absolute Gasteiger partial charge is 0.481 e. The van der Waals surface area contributed by atoms with Crippen molar-refractivity contribution in [3.05, 3.63) is 51.3 Å². The molecular weight excluding hydrogens is 377 g/mol. The number of aromatic amines is 1. The number of hydrogen-bond donors (Lipinski definition) is 2. The molecule has 1 heterocycles. The standard InChI is InChI=1S/C15H12BrF3N2O2/c16-9-3-1-2-7(4-9)8-5-10-12(11(6-8)14(22)23)20-21-13(10)15(17,18)19/h1-4,8,11H,5-6H2,(H,20,21)(H,22,23). The van der Waals surface area contributed by atoms with Crippen molar-refractivity contribution in [3.8, 4) is 0 Å². The fraction of sp³-hybridized carbons (Fsp3) is 0.333. The lowest BCUT2D eigenvalue weighted by Crippen LogP contribution is -2.24. The lowest BCUT2D eigenvalue weighted by Gasteiger charge is -2.27. The number of aliphatic carboxylic acids is 1. The van der Waals surface area contributed by atoms with Crippen molar-refractivity contribution in [2.45, 2.75) is 30.9 Å². The Morgan fingerprint density at radius 1 is 1.39 bits per heavy atom. The molecule has 0 saturated heterocycles. The Kier molecular flexibility index (Phi) is 3.95. The highest BCUT2D eigenvalue weighted by Gasteiger charge is 2.43. The Labute approximate surface area is 137 Å². The van der Waals surface area contributed by atoms with Crippen LogP contribution < -0.4 is 0 Å². The monoisotopic (exact) mass is 388 g/mol. The summed E-state index contributed by atoms with van der Waals surface area (Å²) in [5, 5.41) is 15.0. The number of halogens is 4. The number of carbonyl (C=O) groups is 1. The smallest absolute Gasteiger partial charge is 0.435 e. The van der Waals surface area contributed by atoms with Crippen LogP contribution >= 0.6 is 15.9 Å². The van der Waals surface area contributed by atoms with E-state index in [1.54, 1.807) is 12.1 Å². The van der Waals surface area contributed by atoms with Crippen molar-refractivity contribution in [2.24, 2.45) is 0 Å². The van der Waals surface area contributed by atoms with Gasteiger partial charge in [0.25, 0.3) is 0 Å². The first-order valence-corrected chi connectivity index (χ1v) is 7.69. The molecule has 122 valence electrons. The van der Waals surface area contributed by atoms with E-state index in [-0.39, 0.29) is 30.0 Å². The van der Waals surface area contributed by atoms with Gasteiger partial charge >= 0.3 is 12.1 Å². The summed E-state index contributed by atoms with van der Waals surface area (Å²) < 4.78 is 40.1. The predicted octanol–water partition coefficient (Wildman–Crippen LogP) is 4.09. The van der Waals surface area contributed by atoms with E-state index < -0.39 is 23.8 Å². The normalized spacial score (nSPS) is 21.0. The van der Waals surface area contributed by atoms with Gasteiger partial charge in [0, 0.05) is 10.0 Å². The van der Waals surface area contributed by atoms with Crippen LogP contribution in [-0.2, 0) is 17.4 Å². The molecule has 0 bridgehead atoms. The van der Waals surface area contributed by atoms with E-state index >= 15 is 0 Å². The van der Waals surface area contributed by atoms with E-state index in [0.717, 1.165) is 10.0 Å². The van der Waals surface area contributed by atoms with Crippen LogP contribution in [0, 0.1) is 0 Å². The highest BCUT2D eigenvalue weighted by atomic mass is 79.9. The Morgan fingerprint density at radius 3 is 2.74 bits per heavy atom. The van der Waals surface area contributed by atoms with Gasteiger partial charge in [-0.15, -0.1) is 0 Å². The zero-order valence-corrected chi connectivity index (χ0v) is 13.3. The molecule has 2 aromatic rings. The maximum absolute atomic E-state index is 13.1. The summed E-state index contributed by atoms with van der Waals surface area (Å²) in [6.07, 6.45) is -4.26. The van der Waals surface area contributed by atoms with Gasteiger partial charge in [-0.2, -0.15) is 18.3 Å². The van der Waals surface area contributed by atoms with Crippen molar-refractivity contribution in [1.82, 2.24) is 10.2 Å². The number of nitrogens with one attached hydrogen (secondary N) is 1. The highest BCUT2D eigenvalue weighted by Crippen LogP contribution is 2.44. The summed E-state index contributed by atoms with van der Waals surface area (Å²) in [4.78, 5) is 11.5. The van der Waals surface area contributed by atoms with E-state index in [9.17, 15) is 23.1 Å². The first kappa shape index (κ1) is 16.0. The molecule has 2 atom stereocenters. The fourth-order valence-electron chi connectivity index (χ4n) is 3.08. The number of alkyl halides is 3. The summed E-state index contributed by atoms with van der Waals surface area (Å²) in [5.74, 6) is -2.48. The lowest BCUT2D eigenvalue weighted by atomic mass is 9.76. The fourth-order valence-corrected chi connectivity index (χ4v) is 3.50. The Bertz CT molecular complexity index is 757. The molecule has 0 aliphatic heterocycles. The van der Waals surface area contributed by atoms with Crippen LogP contribution in [0.1, 0.15) is 40.8 Å². The van der Waals surface area contributed by atoms with Crippen LogP contribution in [0.2, 0.25) is 0 Å². The zero-order chi connectivity index (χ0) is 16.8. The third-order valence-electron chi connectivity index (χ3n) is 4.11. The molecule has 8 heteroatoms. The summed E-state index contributed by atoms with van der Waals surface area (Å²) in [6, 6.07) is 7.20. The summed E-state index contributed by atoms with van der Waals surface area (Å²) in [6.45, 7) is 0. The second kappa shape index (κ2) is 5.67. The minimum atomic E-state index is -4.60. The van der Waals surface area contributed by atoms with Crippen molar-refractivity contribution in [1.29, 1.82) is 0 Å². The van der Waals surface area contributed by atoms with Gasteiger partial charge in [0.05, 0.1) is 11.6 Å². The topological polar surface area (TPSA) is 66.0 Å². The summed E-state index contributed by atoms with van der Waals surface area (Å²) >= 11 is 3.33. The maximum atomic E-state index is 13.1. The molecule has 1 aliphatic rings. The van der Waals surface area contributed by atoms with Gasteiger partial charge in [-0.25, -0.2) is 0 Å². The van der Waals surface area contributed by atoms with Crippen LogP contribution in [0.25, 0.3) is 0 Å². The van der Waals surface area contributed by atoms with Gasteiger partial charge < -0.3 is 5.11 Å². The average Bonchev–Trinajstić information content (AvgIpc) is 2.89. The third kappa shape index (κ3) is 2.99. The van der Waals surface area contributed by atoms with Crippen molar-refractivity contribution in [3.63, 3.8) is 0 Å². The highest BCUT2D eigenvalue weighted by molar-refractivity contribution is 9.10. The number of H-pyrrole nitrogens is 1. The Hall–Kier alpha value is -1.83. The Morgan fingerprint density at radius 2 is 2.13 bits per heavy atom. The van der Waals surface area contributed by atoms with Crippen molar-refractivity contribution in [2.75, 3.05) is 0 Å². The van der Waals surface area contributed by atoms with E-state index in [1.807, 2.05) is 12.1 Å². The van der Waals surface area contributed by atoms with Crippen LogP contribution in [0.4, 0.5) is 13.2 Å². The number of fused-ring (bicyclic) bond motifs is 1. The molecule has 0 fully saturated rings. The molecule has 0 radical (unpaired) electrons. The molecule has 0 spiro atoms. The number of carboxylic acid groups (broad SMARTS) is 1. The van der Waals surface area contributed by atoms with Gasteiger partial charge in [-0.05, 0) is 36.5 Å². The van der Waals surface area contributed by atoms with Gasteiger partial charge in [0.2, 0.25) is 0 Å². The molecule has 0 saturated carbocycles. The van der Waals surface area contributed by atoms with Crippen LogP contribution in [0.15, 0.2) is 28.7 Å². The molecule has 2 N–H and O–H groups in total.